The molecule has 0 unspecified atom stereocenters. The fourth-order valence-corrected chi connectivity index (χ4v) is 7.72. The third-order valence-corrected chi connectivity index (χ3v) is 9.42. The van der Waals surface area contributed by atoms with Crippen LogP contribution in [0.25, 0.3) is 10.4 Å². The molecule has 1 N–H and O–H groups in total. The summed E-state index contributed by atoms with van der Waals surface area (Å²) in [5.41, 5.74) is 8.26. The monoisotopic (exact) mass is 665 g/mol. The molecular formula is C31H52FN9O6. The first kappa shape index (κ1) is 35.7. The summed E-state index contributed by atoms with van der Waals surface area (Å²) in [4.78, 5) is 21.2. The van der Waals surface area contributed by atoms with E-state index >= 15 is 0 Å². The Labute approximate surface area is 276 Å². The molecule has 1 saturated heterocycles. The Morgan fingerprint density at radius 3 is 1.81 bits per heavy atom. The van der Waals surface area contributed by atoms with Crippen molar-refractivity contribution in [3.05, 3.63) is 10.4 Å². The van der Waals surface area contributed by atoms with E-state index in [0.29, 0.717) is 104 Å². The molecule has 2 heterocycles. The third-order valence-electron chi connectivity index (χ3n) is 9.42. The van der Waals surface area contributed by atoms with E-state index in [9.17, 15) is 4.39 Å². The zero-order valence-electron chi connectivity index (χ0n) is 27.6. The second-order valence-electron chi connectivity index (χ2n) is 12.9. The maximum absolute atomic E-state index is 12.9. The fraction of sp³-hybridized carbons (Fsp3) is 0.903. The molecule has 47 heavy (non-hydrogen) atoms. The molecule has 1 aromatic rings. The highest BCUT2D eigenvalue weighted by Crippen LogP contribution is 2.56. The van der Waals surface area contributed by atoms with Crippen LogP contribution < -0.4 is 15.0 Å². The normalized spacial score (nSPS) is 25.2. The number of nitrogens with one attached hydrogen (secondary N) is 1. The third kappa shape index (κ3) is 11.8. The van der Waals surface area contributed by atoms with E-state index in [4.69, 9.17) is 43.9 Å². The van der Waals surface area contributed by atoms with Crippen molar-refractivity contribution in [3.8, 4) is 6.01 Å². The number of alkyl halides is 1. The molecule has 0 radical (unpaired) electrons. The van der Waals surface area contributed by atoms with E-state index in [1.54, 1.807) is 0 Å². The highest BCUT2D eigenvalue weighted by molar-refractivity contribution is 5.41. The maximum atomic E-state index is 12.9. The van der Waals surface area contributed by atoms with Crippen molar-refractivity contribution in [1.82, 2.24) is 19.9 Å². The molecule has 0 amide bonds. The van der Waals surface area contributed by atoms with Gasteiger partial charge in [-0.15, -0.1) is 0 Å². The number of anilines is 2. The number of halogens is 1. The van der Waals surface area contributed by atoms with Crippen LogP contribution in [0.3, 0.4) is 0 Å². The van der Waals surface area contributed by atoms with Gasteiger partial charge in [0, 0.05) is 49.7 Å². The van der Waals surface area contributed by atoms with Crippen LogP contribution >= 0.6 is 0 Å². The lowest BCUT2D eigenvalue weighted by atomic mass is 9.53. The van der Waals surface area contributed by atoms with Gasteiger partial charge in [0.2, 0.25) is 11.9 Å². The molecule has 4 bridgehead atoms. The summed E-state index contributed by atoms with van der Waals surface area (Å²) in [5, 5.41) is 7.18. The van der Waals surface area contributed by atoms with Crippen LogP contribution in [0.5, 0.6) is 6.01 Å². The van der Waals surface area contributed by atoms with Gasteiger partial charge in [-0.2, -0.15) is 15.0 Å². The Balaban J connectivity index is 0.973. The molecule has 0 spiro atoms. The standard InChI is InChI=1S/C31H52FN9O6/c32-1-3-40-4-6-41(7-5-40)29-35-28(38-31-22-25-19-26(23-31)21-27(20-25)24-31)36-30(37-29)47-18-17-46-16-15-45-14-13-44-12-11-43-10-9-42-8-2-34-39-33/h25-27H,1-24H2,(H,35,36,37,38). The van der Waals surface area contributed by atoms with Gasteiger partial charge in [-0.1, -0.05) is 5.11 Å². The van der Waals surface area contributed by atoms with E-state index in [2.05, 4.69) is 30.1 Å². The van der Waals surface area contributed by atoms with Crippen molar-refractivity contribution >= 4 is 11.9 Å². The molecule has 16 heteroatoms. The highest BCUT2D eigenvalue weighted by Gasteiger charge is 2.51. The number of hydrogen-bond donors (Lipinski definition) is 1. The van der Waals surface area contributed by atoms with Crippen LogP contribution in [0.1, 0.15) is 38.5 Å². The molecular weight excluding hydrogens is 613 g/mol. The zero-order chi connectivity index (χ0) is 32.6. The topological polar surface area (TPSA) is 161 Å². The summed E-state index contributed by atoms with van der Waals surface area (Å²) in [7, 11) is 0. The molecule has 5 aliphatic rings. The first-order valence-electron chi connectivity index (χ1n) is 17.2. The van der Waals surface area contributed by atoms with Crippen LogP contribution in [-0.4, -0.2) is 144 Å². The summed E-state index contributed by atoms with van der Waals surface area (Å²) in [6.07, 6.45) is 7.68. The molecule has 4 aliphatic carbocycles. The molecule has 6 rings (SSSR count). The van der Waals surface area contributed by atoms with Crippen LogP contribution in [0.15, 0.2) is 5.11 Å². The van der Waals surface area contributed by atoms with Gasteiger partial charge < -0.3 is 38.6 Å². The van der Waals surface area contributed by atoms with Gasteiger partial charge in [0.1, 0.15) is 13.3 Å². The quantitative estimate of drug-likeness (QED) is 0.0745. The summed E-state index contributed by atoms with van der Waals surface area (Å²) in [6.45, 7) is 8.27. The maximum Gasteiger partial charge on any atom is 0.323 e. The van der Waals surface area contributed by atoms with E-state index < -0.39 is 0 Å². The lowest BCUT2D eigenvalue weighted by Crippen LogP contribution is -2.55. The van der Waals surface area contributed by atoms with E-state index in [0.717, 1.165) is 43.9 Å². The Hall–Kier alpha value is -2.59. The summed E-state index contributed by atoms with van der Waals surface area (Å²) in [6, 6.07) is 0.298. The largest absolute Gasteiger partial charge is 0.461 e. The van der Waals surface area contributed by atoms with Gasteiger partial charge in [0.05, 0.1) is 66.1 Å². The first-order chi connectivity index (χ1) is 23.1. The number of hydrogen-bond acceptors (Lipinski definition) is 13. The van der Waals surface area contributed by atoms with Gasteiger partial charge in [-0.25, -0.2) is 4.39 Å². The molecule has 264 valence electrons. The van der Waals surface area contributed by atoms with Crippen LogP contribution in [0.4, 0.5) is 16.3 Å². The molecule has 4 saturated carbocycles. The molecule has 1 aromatic heterocycles. The van der Waals surface area contributed by atoms with E-state index in [-0.39, 0.29) is 12.2 Å². The number of piperazine rings is 1. The minimum atomic E-state index is -0.330. The summed E-state index contributed by atoms with van der Waals surface area (Å²) in [5.74, 6) is 3.63. The van der Waals surface area contributed by atoms with Crippen LogP contribution in [-0.2, 0) is 23.7 Å². The van der Waals surface area contributed by atoms with Gasteiger partial charge in [0.25, 0.3) is 0 Å². The van der Waals surface area contributed by atoms with Crippen molar-refractivity contribution in [3.63, 3.8) is 0 Å². The predicted octanol–water partition coefficient (Wildman–Crippen LogP) is 3.12. The van der Waals surface area contributed by atoms with Gasteiger partial charge in [-0.3, -0.25) is 4.90 Å². The highest BCUT2D eigenvalue weighted by atomic mass is 19.1. The minimum Gasteiger partial charge on any atom is -0.461 e. The second-order valence-corrected chi connectivity index (χ2v) is 12.9. The molecule has 1 aliphatic heterocycles. The number of ether oxygens (including phenoxy) is 6. The van der Waals surface area contributed by atoms with Crippen LogP contribution in [0.2, 0.25) is 0 Å². The molecule has 15 nitrogen and oxygen atoms in total. The Morgan fingerprint density at radius 1 is 0.745 bits per heavy atom. The fourth-order valence-electron chi connectivity index (χ4n) is 7.72. The molecule has 0 atom stereocenters. The SMILES string of the molecule is [N-]=[N+]=NCCOCCOCCOCCOCCOCCOc1nc(NC23CC4CC(CC(C4)C2)C3)nc(N2CCN(CCF)CC2)n1. The van der Waals surface area contributed by atoms with Crippen molar-refractivity contribution in [2.24, 2.45) is 22.9 Å². The minimum absolute atomic E-state index is 0.0675. The van der Waals surface area contributed by atoms with Crippen molar-refractivity contribution < 1.29 is 32.8 Å². The average molecular weight is 666 g/mol. The second kappa shape index (κ2) is 19.4. The van der Waals surface area contributed by atoms with E-state index in [1.807, 2.05) is 0 Å². The summed E-state index contributed by atoms with van der Waals surface area (Å²) >= 11 is 0. The zero-order valence-corrected chi connectivity index (χ0v) is 27.6. The lowest BCUT2D eigenvalue weighted by Gasteiger charge is -2.56. The number of nitrogens with zero attached hydrogens (tertiary/aromatic N) is 8. The van der Waals surface area contributed by atoms with Crippen molar-refractivity contribution in [2.45, 2.75) is 44.1 Å². The van der Waals surface area contributed by atoms with Crippen LogP contribution in [0, 0.1) is 17.8 Å². The van der Waals surface area contributed by atoms with Gasteiger partial charge >= 0.3 is 6.01 Å². The number of azide groups is 1. The Kier molecular flexibility index (Phi) is 14.8. The molecule has 0 aromatic carbocycles. The number of rotatable bonds is 24. The Morgan fingerprint density at radius 2 is 1.28 bits per heavy atom. The smallest absolute Gasteiger partial charge is 0.323 e. The van der Waals surface area contributed by atoms with Crippen molar-refractivity contribution in [2.75, 3.05) is 129 Å². The Bertz CT molecular complexity index is 1070. The average Bonchev–Trinajstić information content (AvgIpc) is 3.05. The number of aromatic nitrogens is 3. The van der Waals surface area contributed by atoms with E-state index in [1.165, 1.54) is 38.5 Å². The molecule has 5 fully saturated rings. The predicted molar refractivity (Wildman–Crippen MR) is 173 cm³/mol. The van der Waals surface area contributed by atoms with Gasteiger partial charge in [-0.05, 0) is 61.8 Å². The first-order valence-corrected chi connectivity index (χ1v) is 17.2. The van der Waals surface area contributed by atoms with Crippen molar-refractivity contribution in [1.29, 1.82) is 0 Å². The summed E-state index contributed by atoms with van der Waals surface area (Å²) < 4.78 is 46.3. The lowest BCUT2D eigenvalue weighted by molar-refractivity contribution is -0.0124. The van der Waals surface area contributed by atoms with Gasteiger partial charge in [0.15, 0.2) is 0 Å².